The van der Waals surface area contributed by atoms with Crippen LogP contribution in [0.2, 0.25) is 0 Å². The van der Waals surface area contributed by atoms with Crippen molar-refractivity contribution in [3.05, 3.63) is 47.9 Å². The molecule has 3 aromatic rings. The number of aromatic nitrogens is 3. The number of rotatable bonds is 5. The lowest BCUT2D eigenvalue weighted by Crippen LogP contribution is -2.39. The van der Waals surface area contributed by atoms with E-state index in [-0.39, 0.29) is 5.91 Å². The first-order valence-electron chi connectivity index (χ1n) is 8.98. The maximum absolute atomic E-state index is 12.5. The number of fused-ring (bicyclic) bond motifs is 1. The van der Waals surface area contributed by atoms with Gasteiger partial charge in [0.25, 0.3) is 5.91 Å². The minimum Gasteiger partial charge on any atom is -0.348 e. The molecule has 1 amide bonds. The van der Waals surface area contributed by atoms with Crippen molar-refractivity contribution < 1.29 is 4.79 Å². The first-order valence-corrected chi connectivity index (χ1v) is 8.98. The van der Waals surface area contributed by atoms with Crippen molar-refractivity contribution in [3.8, 4) is 11.1 Å². The monoisotopic (exact) mass is 349 g/mol. The smallest absolute Gasteiger partial charge is 0.272 e. The summed E-state index contributed by atoms with van der Waals surface area (Å²) < 4.78 is 0. The molecule has 1 saturated carbocycles. The van der Waals surface area contributed by atoms with E-state index in [1.165, 1.54) is 6.42 Å². The van der Waals surface area contributed by atoms with E-state index >= 15 is 0 Å². The first-order chi connectivity index (χ1) is 12.6. The van der Waals surface area contributed by atoms with Gasteiger partial charge in [-0.1, -0.05) is 6.07 Å². The van der Waals surface area contributed by atoms with Gasteiger partial charge in [0, 0.05) is 35.9 Å². The van der Waals surface area contributed by atoms with Crippen LogP contribution in [-0.4, -0.2) is 46.1 Å². The summed E-state index contributed by atoms with van der Waals surface area (Å²) in [6, 6.07) is 8.46. The van der Waals surface area contributed by atoms with Crippen LogP contribution in [0.3, 0.4) is 0 Å². The average molecular weight is 349 g/mol. The van der Waals surface area contributed by atoms with Gasteiger partial charge in [-0.15, -0.1) is 0 Å². The van der Waals surface area contributed by atoms with Gasteiger partial charge in [-0.3, -0.25) is 14.9 Å². The number of amides is 1. The van der Waals surface area contributed by atoms with Crippen LogP contribution in [0, 0.1) is 0 Å². The molecule has 1 aromatic carbocycles. The maximum atomic E-state index is 12.5. The Morgan fingerprint density at radius 3 is 2.81 bits per heavy atom. The van der Waals surface area contributed by atoms with E-state index in [4.69, 9.17) is 0 Å². The van der Waals surface area contributed by atoms with E-state index < -0.39 is 0 Å². The molecule has 6 heteroatoms. The highest BCUT2D eigenvalue weighted by molar-refractivity contribution is 6.05. The summed E-state index contributed by atoms with van der Waals surface area (Å²) >= 11 is 0. The molecule has 1 aliphatic rings. The van der Waals surface area contributed by atoms with Crippen molar-refractivity contribution in [2.24, 2.45) is 0 Å². The van der Waals surface area contributed by atoms with Gasteiger partial charge in [-0.2, -0.15) is 5.10 Å². The Balaban J connectivity index is 1.66. The van der Waals surface area contributed by atoms with Crippen molar-refractivity contribution in [1.82, 2.24) is 25.4 Å². The quantitative estimate of drug-likeness (QED) is 0.743. The topological polar surface area (TPSA) is 73.9 Å². The van der Waals surface area contributed by atoms with Crippen molar-refractivity contribution in [2.45, 2.75) is 31.8 Å². The number of nitrogens with one attached hydrogen (secondary N) is 2. The largest absolute Gasteiger partial charge is 0.348 e. The van der Waals surface area contributed by atoms with Crippen molar-refractivity contribution in [2.75, 3.05) is 14.1 Å². The Morgan fingerprint density at radius 1 is 1.23 bits per heavy atom. The summed E-state index contributed by atoms with van der Waals surface area (Å²) in [4.78, 5) is 19.0. The molecule has 2 aromatic heterocycles. The molecule has 4 rings (SSSR count). The summed E-state index contributed by atoms with van der Waals surface area (Å²) in [5.74, 6) is -0.0995. The zero-order valence-electron chi connectivity index (χ0n) is 15.1. The van der Waals surface area contributed by atoms with Crippen LogP contribution in [0.15, 0.2) is 36.7 Å². The molecular weight excluding hydrogens is 326 g/mol. The van der Waals surface area contributed by atoms with Crippen LogP contribution in [0.1, 0.15) is 35.3 Å². The predicted octanol–water partition coefficient (Wildman–Crippen LogP) is 2.97. The molecule has 0 spiro atoms. The second-order valence-electron chi connectivity index (χ2n) is 7.25. The van der Waals surface area contributed by atoms with Gasteiger partial charge < -0.3 is 10.2 Å². The Kier molecular flexibility index (Phi) is 4.42. The third-order valence-electron chi connectivity index (χ3n) is 4.85. The summed E-state index contributed by atoms with van der Waals surface area (Å²) in [5, 5.41) is 11.1. The lowest BCUT2D eigenvalue weighted by molar-refractivity contribution is 0.0913. The van der Waals surface area contributed by atoms with Crippen LogP contribution < -0.4 is 5.32 Å². The van der Waals surface area contributed by atoms with Crippen LogP contribution >= 0.6 is 0 Å². The van der Waals surface area contributed by atoms with E-state index in [0.29, 0.717) is 11.7 Å². The molecule has 0 aliphatic heterocycles. The lowest BCUT2D eigenvalue weighted by Gasteiger charge is -2.25. The molecule has 1 fully saturated rings. The molecule has 0 saturated heterocycles. The van der Waals surface area contributed by atoms with Crippen LogP contribution in [0.25, 0.3) is 22.0 Å². The number of hydrogen-bond acceptors (Lipinski definition) is 4. The van der Waals surface area contributed by atoms with Crippen LogP contribution in [-0.2, 0) is 6.54 Å². The molecule has 2 N–H and O–H groups in total. The normalized spacial score (nSPS) is 14.6. The highest BCUT2D eigenvalue weighted by Gasteiger charge is 2.22. The van der Waals surface area contributed by atoms with E-state index in [1.54, 1.807) is 0 Å². The number of carbonyl (C=O) groups excluding carboxylic acids is 1. The Hall–Kier alpha value is -2.73. The summed E-state index contributed by atoms with van der Waals surface area (Å²) in [6.07, 6.45) is 7.05. The lowest BCUT2D eigenvalue weighted by atomic mass is 9.93. The molecule has 2 heterocycles. The number of hydrogen-bond donors (Lipinski definition) is 2. The number of aromatic amines is 1. The maximum Gasteiger partial charge on any atom is 0.272 e. The minimum atomic E-state index is -0.0995. The highest BCUT2D eigenvalue weighted by Crippen LogP contribution is 2.26. The number of pyridine rings is 1. The van der Waals surface area contributed by atoms with Gasteiger partial charge in [0.1, 0.15) is 0 Å². The fourth-order valence-corrected chi connectivity index (χ4v) is 3.27. The molecule has 0 atom stereocenters. The third-order valence-corrected chi connectivity index (χ3v) is 4.85. The predicted molar refractivity (Wildman–Crippen MR) is 102 cm³/mol. The molecule has 26 heavy (non-hydrogen) atoms. The summed E-state index contributed by atoms with van der Waals surface area (Å²) in [6.45, 7) is 0.837. The van der Waals surface area contributed by atoms with Gasteiger partial charge in [0.2, 0.25) is 0 Å². The minimum absolute atomic E-state index is 0.0995. The molecule has 0 unspecified atom stereocenters. The Bertz CT molecular complexity index is 942. The van der Waals surface area contributed by atoms with Gasteiger partial charge in [0.05, 0.1) is 5.52 Å². The van der Waals surface area contributed by atoms with Gasteiger partial charge in [-0.25, -0.2) is 0 Å². The highest BCUT2D eigenvalue weighted by atomic mass is 16.2. The second kappa shape index (κ2) is 6.88. The number of carbonyl (C=O) groups is 1. The third kappa shape index (κ3) is 3.32. The number of nitrogens with zero attached hydrogens (tertiary/aromatic N) is 3. The van der Waals surface area contributed by atoms with E-state index in [0.717, 1.165) is 47.0 Å². The molecule has 134 valence electrons. The summed E-state index contributed by atoms with van der Waals surface area (Å²) in [7, 11) is 4.08. The SMILES string of the molecule is CN(C)Cc1cncc(-c2ccc3[nH]nc(C(=O)NC4CCC4)c3c2)c1. The second-order valence-corrected chi connectivity index (χ2v) is 7.25. The molecular formula is C20H23N5O. The van der Waals surface area contributed by atoms with E-state index in [1.807, 2.05) is 44.7 Å². The first kappa shape index (κ1) is 16.7. The van der Waals surface area contributed by atoms with Gasteiger partial charge in [0.15, 0.2) is 5.69 Å². The van der Waals surface area contributed by atoms with Crippen LogP contribution in [0.5, 0.6) is 0 Å². The van der Waals surface area contributed by atoms with Crippen molar-refractivity contribution in [3.63, 3.8) is 0 Å². The number of benzene rings is 1. The zero-order chi connectivity index (χ0) is 18.1. The van der Waals surface area contributed by atoms with Crippen molar-refractivity contribution in [1.29, 1.82) is 0 Å². The zero-order valence-corrected chi connectivity index (χ0v) is 15.1. The fraction of sp³-hybridized carbons (Fsp3) is 0.350. The van der Waals surface area contributed by atoms with E-state index in [2.05, 4.69) is 31.5 Å². The summed E-state index contributed by atoms with van der Waals surface area (Å²) in [5.41, 5.74) is 4.56. The molecule has 0 radical (unpaired) electrons. The van der Waals surface area contributed by atoms with E-state index in [9.17, 15) is 4.79 Å². The van der Waals surface area contributed by atoms with Crippen molar-refractivity contribution >= 4 is 16.8 Å². The Morgan fingerprint density at radius 2 is 2.08 bits per heavy atom. The standard InChI is InChI=1S/C20H23N5O/c1-25(2)12-13-8-15(11-21-10-13)14-6-7-18-17(9-14)19(24-23-18)20(26)22-16-4-3-5-16/h6-11,16H,3-5,12H2,1-2H3,(H,22,26)(H,23,24). The number of H-pyrrole nitrogens is 1. The molecule has 0 bridgehead atoms. The van der Waals surface area contributed by atoms with Gasteiger partial charge >= 0.3 is 0 Å². The molecule has 1 aliphatic carbocycles. The Labute approximate surface area is 152 Å². The fourth-order valence-electron chi connectivity index (χ4n) is 3.27. The van der Waals surface area contributed by atoms with Crippen LogP contribution in [0.4, 0.5) is 0 Å². The van der Waals surface area contributed by atoms with Gasteiger partial charge in [-0.05, 0) is 62.7 Å². The average Bonchev–Trinajstić information content (AvgIpc) is 3.01. The molecule has 6 nitrogen and oxygen atoms in total.